The van der Waals surface area contributed by atoms with Crippen molar-refractivity contribution in [3.63, 3.8) is 0 Å². The van der Waals surface area contributed by atoms with Crippen molar-refractivity contribution < 1.29 is 9.15 Å². The van der Waals surface area contributed by atoms with Crippen LogP contribution in [0, 0.1) is 0 Å². The van der Waals surface area contributed by atoms with Crippen LogP contribution in [-0.4, -0.2) is 16.5 Å². The predicted molar refractivity (Wildman–Crippen MR) is 71.9 cm³/mol. The molecule has 1 aromatic heterocycles. The molecule has 2 rings (SSSR count). The molecule has 4 nitrogen and oxygen atoms in total. The first-order valence-corrected chi connectivity index (χ1v) is 7.09. The molecule has 0 fully saturated rings. The lowest BCUT2D eigenvalue weighted by Crippen LogP contribution is -1.97. The summed E-state index contributed by atoms with van der Waals surface area (Å²) in [4.78, 5) is 0. The minimum atomic E-state index is 0.0919. The summed E-state index contributed by atoms with van der Waals surface area (Å²) in [6.45, 7) is 0.0919. The Balaban J connectivity index is 2.10. The number of aromatic nitrogens is 2. The Morgan fingerprint density at radius 2 is 1.89 bits per heavy atom. The van der Waals surface area contributed by atoms with Crippen LogP contribution in [0.2, 0.25) is 15.1 Å². The zero-order chi connectivity index (χ0) is 13.1. The molecule has 0 aliphatic heterocycles. The number of thioether (sulfide) groups is 1. The first-order chi connectivity index (χ1) is 8.60. The third kappa shape index (κ3) is 3.23. The van der Waals surface area contributed by atoms with E-state index < -0.39 is 0 Å². The first kappa shape index (κ1) is 13.8. The topological polar surface area (TPSA) is 48.2 Å². The van der Waals surface area contributed by atoms with E-state index in [0.717, 1.165) is 0 Å². The molecule has 0 amide bonds. The molecule has 0 spiro atoms. The molecule has 1 heterocycles. The SMILES string of the molecule is CSc1nnc(COc2c(Cl)cc(Cl)cc2Cl)o1. The van der Waals surface area contributed by atoms with Crippen LogP contribution in [0.1, 0.15) is 5.89 Å². The molecule has 0 radical (unpaired) electrons. The van der Waals surface area contributed by atoms with Crippen molar-refractivity contribution in [2.75, 3.05) is 6.26 Å². The first-order valence-electron chi connectivity index (χ1n) is 4.74. The van der Waals surface area contributed by atoms with E-state index in [-0.39, 0.29) is 6.61 Å². The third-order valence-electron chi connectivity index (χ3n) is 1.93. The van der Waals surface area contributed by atoms with Crippen LogP contribution >= 0.6 is 46.6 Å². The molecule has 0 saturated heterocycles. The molecule has 0 aliphatic rings. The maximum Gasteiger partial charge on any atom is 0.276 e. The average molecular weight is 326 g/mol. The minimum absolute atomic E-state index is 0.0919. The molecule has 96 valence electrons. The van der Waals surface area contributed by atoms with E-state index >= 15 is 0 Å². The second-order valence-corrected chi connectivity index (χ2v) is 5.16. The van der Waals surface area contributed by atoms with Crippen molar-refractivity contribution in [2.45, 2.75) is 11.8 Å². The van der Waals surface area contributed by atoms with Gasteiger partial charge in [-0.05, 0) is 18.4 Å². The lowest BCUT2D eigenvalue weighted by Gasteiger charge is -2.08. The van der Waals surface area contributed by atoms with Gasteiger partial charge in [-0.3, -0.25) is 0 Å². The lowest BCUT2D eigenvalue weighted by atomic mass is 10.3. The predicted octanol–water partition coefficient (Wildman–Crippen LogP) is 4.33. The summed E-state index contributed by atoms with van der Waals surface area (Å²) in [6, 6.07) is 3.09. The van der Waals surface area contributed by atoms with Gasteiger partial charge >= 0.3 is 0 Å². The van der Waals surface area contributed by atoms with Crippen molar-refractivity contribution in [1.29, 1.82) is 0 Å². The Kier molecular flexibility index (Phi) is 4.61. The summed E-state index contributed by atoms with van der Waals surface area (Å²) >= 11 is 19.1. The standard InChI is InChI=1S/C10H7Cl3N2O2S/c1-18-10-15-14-8(17-10)4-16-9-6(12)2-5(11)3-7(9)13/h2-3H,4H2,1H3. The Morgan fingerprint density at radius 1 is 1.22 bits per heavy atom. The highest BCUT2D eigenvalue weighted by Gasteiger charge is 2.11. The van der Waals surface area contributed by atoms with Gasteiger partial charge in [0.2, 0.25) is 0 Å². The summed E-state index contributed by atoms with van der Waals surface area (Å²) in [5.74, 6) is 0.688. The van der Waals surface area contributed by atoms with E-state index in [2.05, 4.69) is 10.2 Å². The van der Waals surface area contributed by atoms with Gasteiger partial charge in [0.15, 0.2) is 12.4 Å². The van der Waals surface area contributed by atoms with E-state index in [9.17, 15) is 0 Å². The van der Waals surface area contributed by atoms with Crippen LogP contribution in [0.15, 0.2) is 21.8 Å². The number of rotatable bonds is 4. The Labute approximate surface area is 123 Å². The van der Waals surface area contributed by atoms with E-state index in [1.807, 2.05) is 6.26 Å². The molecule has 0 saturated carbocycles. The largest absolute Gasteiger partial charge is 0.481 e. The van der Waals surface area contributed by atoms with Gasteiger partial charge < -0.3 is 9.15 Å². The zero-order valence-corrected chi connectivity index (χ0v) is 12.2. The third-order valence-corrected chi connectivity index (χ3v) is 3.22. The van der Waals surface area contributed by atoms with Crippen LogP contribution in [0.4, 0.5) is 0 Å². The highest BCUT2D eigenvalue weighted by Crippen LogP contribution is 2.36. The van der Waals surface area contributed by atoms with Gasteiger partial charge in [0.1, 0.15) is 0 Å². The van der Waals surface area contributed by atoms with E-state index in [1.54, 1.807) is 12.1 Å². The van der Waals surface area contributed by atoms with Crippen molar-refractivity contribution in [3.8, 4) is 5.75 Å². The van der Waals surface area contributed by atoms with Gasteiger partial charge in [-0.2, -0.15) is 0 Å². The molecule has 8 heteroatoms. The van der Waals surface area contributed by atoms with Crippen molar-refractivity contribution in [2.24, 2.45) is 0 Å². The van der Waals surface area contributed by atoms with E-state index in [0.29, 0.717) is 31.9 Å². The van der Waals surface area contributed by atoms with Crippen LogP contribution in [-0.2, 0) is 6.61 Å². The number of hydrogen-bond acceptors (Lipinski definition) is 5. The normalized spacial score (nSPS) is 10.7. The fourth-order valence-electron chi connectivity index (χ4n) is 1.18. The van der Waals surface area contributed by atoms with Crippen LogP contribution in [0.25, 0.3) is 0 Å². The number of nitrogens with zero attached hydrogens (tertiary/aromatic N) is 2. The van der Waals surface area contributed by atoms with E-state index in [1.165, 1.54) is 11.8 Å². The Bertz CT molecular complexity index is 539. The summed E-state index contributed by atoms with van der Waals surface area (Å²) in [5.41, 5.74) is 0. The molecule has 18 heavy (non-hydrogen) atoms. The van der Waals surface area contributed by atoms with Gasteiger partial charge in [-0.25, -0.2) is 0 Å². The fourth-order valence-corrected chi connectivity index (χ4v) is 2.41. The van der Waals surface area contributed by atoms with Crippen molar-refractivity contribution in [3.05, 3.63) is 33.1 Å². The molecule has 0 aliphatic carbocycles. The minimum Gasteiger partial charge on any atom is -0.481 e. The van der Waals surface area contributed by atoms with Gasteiger partial charge in [0.05, 0.1) is 10.0 Å². The molecular formula is C10H7Cl3N2O2S. The molecular weight excluding hydrogens is 319 g/mol. The number of hydrogen-bond donors (Lipinski definition) is 0. The summed E-state index contributed by atoms with van der Waals surface area (Å²) in [5, 5.41) is 9.17. The summed E-state index contributed by atoms with van der Waals surface area (Å²) in [6.07, 6.45) is 1.84. The van der Waals surface area contributed by atoms with Crippen LogP contribution < -0.4 is 4.74 Å². The molecule has 1 aromatic carbocycles. The zero-order valence-electron chi connectivity index (χ0n) is 9.11. The second-order valence-electron chi connectivity index (χ2n) is 3.15. The van der Waals surface area contributed by atoms with Crippen molar-refractivity contribution in [1.82, 2.24) is 10.2 Å². The highest BCUT2D eigenvalue weighted by atomic mass is 35.5. The molecule has 0 atom stereocenters. The fraction of sp³-hybridized carbons (Fsp3) is 0.200. The summed E-state index contributed by atoms with van der Waals surface area (Å²) in [7, 11) is 0. The van der Waals surface area contributed by atoms with Gasteiger partial charge in [-0.15, -0.1) is 10.2 Å². The number of benzene rings is 1. The maximum absolute atomic E-state index is 5.97. The van der Waals surface area contributed by atoms with Gasteiger partial charge in [-0.1, -0.05) is 46.6 Å². The highest BCUT2D eigenvalue weighted by molar-refractivity contribution is 7.98. The number of halogens is 3. The van der Waals surface area contributed by atoms with E-state index in [4.69, 9.17) is 44.0 Å². The van der Waals surface area contributed by atoms with Crippen LogP contribution in [0.5, 0.6) is 5.75 Å². The molecule has 0 bridgehead atoms. The van der Waals surface area contributed by atoms with Gasteiger partial charge in [0.25, 0.3) is 11.1 Å². The molecule has 2 aromatic rings. The smallest absolute Gasteiger partial charge is 0.276 e. The average Bonchev–Trinajstić information content (AvgIpc) is 2.75. The van der Waals surface area contributed by atoms with Crippen LogP contribution in [0.3, 0.4) is 0 Å². The number of ether oxygens (including phenoxy) is 1. The Hall–Kier alpha value is -0.620. The quantitative estimate of drug-likeness (QED) is 0.783. The molecule has 0 unspecified atom stereocenters. The monoisotopic (exact) mass is 324 g/mol. The van der Waals surface area contributed by atoms with Gasteiger partial charge in [0, 0.05) is 5.02 Å². The second kappa shape index (κ2) is 6.02. The lowest BCUT2D eigenvalue weighted by molar-refractivity contribution is 0.252. The van der Waals surface area contributed by atoms with Crippen molar-refractivity contribution >= 4 is 46.6 Å². The maximum atomic E-state index is 5.97. The summed E-state index contributed by atoms with van der Waals surface area (Å²) < 4.78 is 10.7. The Morgan fingerprint density at radius 3 is 2.44 bits per heavy atom. The molecule has 0 N–H and O–H groups in total.